The first kappa shape index (κ1) is 23.5. The fourth-order valence-electron chi connectivity index (χ4n) is 3.63. The number of hydrogen-bond acceptors (Lipinski definition) is 3. The Hall–Kier alpha value is -3.12. The molecule has 32 heavy (non-hydrogen) atoms. The lowest BCUT2D eigenvalue weighted by molar-refractivity contribution is 0.102. The largest absolute Gasteiger partial charge is 0.321 e. The molecule has 0 atom stereocenters. The lowest BCUT2D eigenvalue weighted by atomic mass is 10.0. The quantitative estimate of drug-likeness (QED) is 0.504. The molecule has 0 spiro atoms. The highest BCUT2D eigenvalue weighted by molar-refractivity contribution is 7.92. The summed E-state index contributed by atoms with van der Waals surface area (Å²) in [5.41, 5.74) is 6.06. The summed E-state index contributed by atoms with van der Waals surface area (Å²) in [6, 6.07) is 20.5. The summed E-state index contributed by atoms with van der Waals surface area (Å²) in [5.74, 6) is -0.211. The number of nitrogens with one attached hydrogen (secondary N) is 1. The van der Waals surface area contributed by atoms with Gasteiger partial charge >= 0.3 is 0 Å². The molecule has 0 heterocycles. The number of anilines is 2. The van der Waals surface area contributed by atoms with Crippen LogP contribution in [-0.2, 0) is 29.4 Å². The lowest BCUT2D eigenvalue weighted by Crippen LogP contribution is -2.29. The SMILES string of the molecule is CCc1cccc(CC)c1NC(=O)c1ccc(N(Cc2ccc(C)cc2)S(C)(=O)=O)cc1. The molecule has 0 bridgehead atoms. The van der Waals surface area contributed by atoms with Gasteiger partial charge < -0.3 is 5.32 Å². The van der Waals surface area contributed by atoms with Gasteiger partial charge in [-0.3, -0.25) is 9.10 Å². The van der Waals surface area contributed by atoms with Crippen LogP contribution in [0.15, 0.2) is 66.7 Å². The van der Waals surface area contributed by atoms with Gasteiger partial charge in [0.15, 0.2) is 0 Å². The maximum Gasteiger partial charge on any atom is 0.255 e. The van der Waals surface area contributed by atoms with Crippen molar-refractivity contribution >= 4 is 27.3 Å². The van der Waals surface area contributed by atoms with Crippen molar-refractivity contribution in [3.05, 3.63) is 94.5 Å². The molecule has 0 aromatic heterocycles. The molecule has 0 fully saturated rings. The van der Waals surface area contributed by atoms with E-state index in [1.54, 1.807) is 24.3 Å². The molecule has 3 aromatic rings. The average Bonchev–Trinajstić information content (AvgIpc) is 2.78. The second-order valence-corrected chi connectivity index (χ2v) is 9.82. The maximum absolute atomic E-state index is 12.9. The molecule has 6 heteroatoms. The molecule has 3 rings (SSSR count). The van der Waals surface area contributed by atoms with Crippen molar-refractivity contribution in [2.45, 2.75) is 40.2 Å². The van der Waals surface area contributed by atoms with E-state index in [1.807, 2.05) is 49.4 Å². The minimum atomic E-state index is -3.49. The van der Waals surface area contributed by atoms with Crippen molar-refractivity contribution in [2.75, 3.05) is 15.9 Å². The normalized spacial score (nSPS) is 11.2. The predicted molar refractivity (Wildman–Crippen MR) is 132 cm³/mol. The van der Waals surface area contributed by atoms with Crippen LogP contribution in [0.1, 0.15) is 46.5 Å². The third kappa shape index (κ3) is 5.56. The van der Waals surface area contributed by atoms with Crippen LogP contribution in [0.25, 0.3) is 0 Å². The summed E-state index contributed by atoms with van der Waals surface area (Å²) in [4.78, 5) is 12.9. The van der Waals surface area contributed by atoms with Gasteiger partial charge in [-0.15, -0.1) is 0 Å². The van der Waals surface area contributed by atoms with E-state index in [0.29, 0.717) is 11.3 Å². The standard InChI is InChI=1S/C26H30N2O3S/c1-5-21-8-7-9-22(6-2)25(21)27-26(29)23-14-16-24(17-15-23)28(32(4,30)31)18-20-12-10-19(3)11-13-20/h7-17H,5-6,18H2,1-4H3,(H,27,29). The Balaban J connectivity index is 1.84. The van der Waals surface area contributed by atoms with Gasteiger partial charge in [-0.25, -0.2) is 8.42 Å². The van der Waals surface area contributed by atoms with Crippen molar-refractivity contribution in [3.63, 3.8) is 0 Å². The van der Waals surface area contributed by atoms with Crippen molar-refractivity contribution < 1.29 is 13.2 Å². The number of benzene rings is 3. The highest BCUT2D eigenvalue weighted by Gasteiger charge is 2.19. The molecule has 0 aliphatic carbocycles. The second kappa shape index (κ2) is 10.0. The van der Waals surface area contributed by atoms with Crippen molar-refractivity contribution in [1.82, 2.24) is 0 Å². The van der Waals surface area contributed by atoms with Crippen LogP contribution in [0, 0.1) is 6.92 Å². The molecule has 0 saturated carbocycles. The van der Waals surface area contributed by atoms with E-state index in [2.05, 4.69) is 19.2 Å². The Morgan fingerprint density at radius 2 is 1.44 bits per heavy atom. The van der Waals surface area contributed by atoms with Gasteiger partial charge in [-0.1, -0.05) is 61.9 Å². The number of hydrogen-bond donors (Lipinski definition) is 1. The number of nitrogens with zero attached hydrogens (tertiary/aromatic N) is 1. The zero-order valence-electron chi connectivity index (χ0n) is 19.1. The summed E-state index contributed by atoms with van der Waals surface area (Å²) in [6.45, 7) is 6.35. The molecule has 0 unspecified atom stereocenters. The molecule has 1 amide bonds. The number of rotatable bonds is 8. The monoisotopic (exact) mass is 450 g/mol. The third-order valence-corrected chi connectivity index (χ3v) is 6.64. The predicted octanol–water partition coefficient (Wildman–Crippen LogP) is 5.34. The zero-order valence-corrected chi connectivity index (χ0v) is 19.9. The second-order valence-electron chi connectivity index (χ2n) is 7.91. The van der Waals surface area contributed by atoms with E-state index in [0.717, 1.165) is 40.8 Å². The Morgan fingerprint density at radius 1 is 0.875 bits per heavy atom. The van der Waals surface area contributed by atoms with Crippen LogP contribution >= 0.6 is 0 Å². The molecule has 1 N–H and O–H groups in total. The van der Waals surface area contributed by atoms with Crippen molar-refractivity contribution in [2.24, 2.45) is 0 Å². The van der Waals surface area contributed by atoms with Crippen LogP contribution in [0.4, 0.5) is 11.4 Å². The Labute approximate surface area is 191 Å². The van der Waals surface area contributed by atoms with E-state index >= 15 is 0 Å². The summed E-state index contributed by atoms with van der Waals surface area (Å²) in [5, 5.41) is 3.05. The lowest BCUT2D eigenvalue weighted by Gasteiger charge is -2.23. The van der Waals surface area contributed by atoms with Gasteiger partial charge in [0.25, 0.3) is 5.91 Å². The number of carbonyl (C=O) groups excluding carboxylic acids is 1. The van der Waals surface area contributed by atoms with E-state index < -0.39 is 10.0 Å². The summed E-state index contributed by atoms with van der Waals surface area (Å²) in [7, 11) is -3.49. The first-order valence-electron chi connectivity index (χ1n) is 10.8. The zero-order chi connectivity index (χ0) is 23.3. The molecular weight excluding hydrogens is 420 g/mol. The van der Waals surface area contributed by atoms with E-state index in [-0.39, 0.29) is 12.5 Å². The van der Waals surface area contributed by atoms with E-state index in [4.69, 9.17) is 0 Å². The highest BCUT2D eigenvalue weighted by Crippen LogP contribution is 2.25. The fraction of sp³-hybridized carbons (Fsp3) is 0.269. The van der Waals surface area contributed by atoms with Crippen LogP contribution in [0.2, 0.25) is 0 Å². The van der Waals surface area contributed by atoms with Gasteiger partial charge in [-0.2, -0.15) is 0 Å². The molecule has 0 aliphatic heterocycles. The minimum Gasteiger partial charge on any atom is -0.321 e. The first-order chi connectivity index (χ1) is 15.2. The topological polar surface area (TPSA) is 66.5 Å². The molecule has 0 saturated heterocycles. The number of amides is 1. The number of sulfonamides is 1. The number of para-hydroxylation sites is 1. The maximum atomic E-state index is 12.9. The van der Waals surface area contributed by atoms with Crippen molar-refractivity contribution in [1.29, 1.82) is 0 Å². The average molecular weight is 451 g/mol. The molecule has 5 nitrogen and oxygen atoms in total. The molecule has 0 radical (unpaired) electrons. The van der Waals surface area contributed by atoms with E-state index in [1.165, 1.54) is 10.6 Å². The van der Waals surface area contributed by atoms with Gasteiger partial charge in [-0.05, 0) is 60.7 Å². The van der Waals surface area contributed by atoms with Crippen LogP contribution in [-0.4, -0.2) is 20.6 Å². The van der Waals surface area contributed by atoms with Crippen LogP contribution < -0.4 is 9.62 Å². The molecular formula is C26H30N2O3S. The fourth-order valence-corrected chi connectivity index (χ4v) is 4.52. The minimum absolute atomic E-state index is 0.211. The summed E-state index contributed by atoms with van der Waals surface area (Å²) in [6.07, 6.45) is 2.84. The number of aryl methyl sites for hydroxylation is 3. The smallest absolute Gasteiger partial charge is 0.255 e. The molecule has 3 aromatic carbocycles. The van der Waals surface area contributed by atoms with Crippen molar-refractivity contribution in [3.8, 4) is 0 Å². The number of carbonyl (C=O) groups is 1. The van der Waals surface area contributed by atoms with Crippen LogP contribution in [0.3, 0.4) is 0 Å². The molecule has 0 aliphatic rings. The van der Waals surface area contributed by atoms with E-state index in [9.17, 15) is 13.2 Å². The third-order valence-electron chi connectivity index (χ3n) is 5.50. The van der Waals surface area contributed by atoms with Gasteiger partial charge in [0.05, 0.1) is 18.5 Å². The molecule has 168 valence electrons. The van der Waals surface area contributed by atoms with Gasteiger partial charge in [0, 0.05) is 11.3 Å². The summed E-state index contributed by atoms with van der Waals surface area (Å²) < 4.78 is 26.2. The Morgan fingerprint density at radius 3 is 1.94 bits per heavy atom. The van der Waals surface area contributed by atoms with Gasteiger partial charge in [0.2, 0.25) is 10.0 Å². The Kier molecular flexibility index (Phi) is 7.36. The van der Waals surface area contributed by atoms with Gasteiger partial charge in [0.1, 0.15) is 0 Å². The highest BCUT2D eigenvalue weighted by atomic mass is 32.2. The van der Waals surface area contributed by atoms with Crippen LogP contribution in [0.5, 0.6) is 0 Å². The first-order valence-corrected chi connectivity index (χ1v) is 12.6. The Bertz CT molecular complexity index is 1160. The summed E-state index contributed by atoms with van der Waals surface area (Å²) >= 11 is 0.